The predicted molar refractivity (Wildman–Crippen MR) is 74.9 cm³/mol. The Hall–Kier alpha value is -1.89. The molecule has 17 heavy (non-hydrogen) atoms. The van der Waals surface area contributed by atoms with Gasteiger partial charge in [0, 0.05) is 5.39 Å². The second-order valence-corrected chi connectivity index (χ2v) is 4.11. The molecule has 1 aromatic carbocycles. The molecule has 0 atom stereocenters. The van der Waals surface area contributed by atoms with E-state index in [1.807, 2.05) is 12.1 Å². The summed E-state index contributed by atoms with van der Waals surface area (Å²) in [5.74, 6) is 0. The summed E-state index contributed by atoms with van der Waals surface area (Å²) in [6.07, 6.45) is 5.01. The van der Waals surface area contributed by atoms with E-state index in [0.717, 1.165) is 23.2 Å². The van der Waals surface area contributed by atoms with Gasteiger partial charge >= 0.3 is 0 Å². The van der Waals surface area contributed by atoms with Crippen LogP contribution in [0.4, 0.5) is 0 Å². The molecule has 0 saturated heterocycles. The fourth-order valence-electron chi connectivity index (χ4n) is 1.98. The number of aryl methyl sites for hydroxylation is 1. The zero-order valence-corrected chi connectivity index (χ0v) is 10.4. The van der Waals surface area contributed by atoms with Crippen LogP contribution in [-0.4, -0.2) is 4.98 Å². The normalized spacial score (nSPS) is 11.8. The Balaban J connectivity index is 2.59. The molecule has 0 aliphatic heterocycles. The van der Waals surface area contributed by atoms with Crippen molar-refractivity contribution in [3.63, 3.8) is 0 Å². The van der Waals surface area contributed by atoms with Gasteiger partial charge in [0.15, 0.2) is 0 Å². The average molecular weight is 223 g/mol. The molecule has 1 nitrogen and oxygen atoms in total. The maximum atomic E-state index is 4.69. The van der Waals surface area contributed by atoms with Gasteiger partial charge in [-0.1, -0.05) is 43.9 Å². The number of pyridine rings is 1. The van der Waals surface area contributed by atoms with Crippen LogP contribution in [0, 0.1) is 6.92 Å². The lowest BCUT2D eigenvalue weighted by molar-refractivity contribution is 1.22. The van der Waals surface area contributed by atoms with Gasteiger partial charge in [0.25, 0.3) is 0 Å². The van der Waals surface area contributed by atoms with Gasteiger partial charge in [0.05, 0.1) is 11.2 Å². The van der Waals surface area contributed by atoms with E-state index in [4.69, 9.17) is 0 Å². The molecule has 0 radical (unpaired) electrons. The standard InChI is InChI=1S/C16H17N/c1-4-7-13(5-2)15-11-10-14-12(3)8-6-9-16(14)17-15/h5-11H,2,4H2,1,3H3/b13-7+. The summed E-state index contributed by atoms with van der Waals surface area (Å²) in [4.78, 5) is 4.69. The molecule has 1 aromatic heterocycles. The van der Waals surface area contributed by atoms with Gasteiger partial charge in [0.1, 0.15) is 0 Å². The fraction of sp³-hybridized carbons (Fsp3) is 0.188. The number of hydrogen-bond acceptors (Lipinski definition) is 1. The number of aromatic nitrogens is 1. The van der Waals surface area contributed by atoms with Crippen LogP contribution in [0.2, 0.25) is 0 Å². The van der Waals surface area contributed by atoms with E-state index in [2.05, 4.69) is 55.8 Å². The molecule has 1 heterocycles. The highest BCUT2D eigenvalue weighted by Crippen LogP contribution is 2.21. The number of allylic oxidation sites excluding steroid dienone is 3. The first-order valence-corrected chi connectivity index (χ1v) is 5.95. The summed E-state index contributed by atoms with van der Waals surface area (Å²) < 4.78 is 0. The van der Waals surface area contributed by atoms with E-state index in [1.165, 1.54) is 10.9 Å². The van der Waals surface area contributed by atoms with E-state index < -0.39 is 0 Å². The van der Waals surface area contributed by atoms with Crippen LogP contribution in [0.15, 0.2) is 49.1 Å². The third-order valence-electron chi connectivity index (χ3n) is 2.89. The number of nitrogens with zero attached hydrogens (tertiary/aromatic N) is 1. The van der Waals surface area contributed by atoms with Gasteiger partial charge in [-0.3, -0.25) is 0 Å². The third-order valence-corrected chi connectivity index (χ3v) is 2.89. The molecule has 86 valence electrons. The van der Waals surface area contributed by atoms with Gasteiger partial charge in [-0.2, -0.15) is 0 Å². The zero-order chi connectivity index (χ0) is 12.3. The second-order valence-electron chi connectivity index (χ2n) is 4.11. The molecule has 0 unspecified atom stereocenters. The maximum absolute atomic E-state index is 4.69. The van der Waals surface area contributed by atoms with Crippen LogP contribution in [0.25, 0.3) is 16.5 Å². The topological polar surface area (TPSA) is 12.9 Å². The summed E-state index contributed by atoms with van der Waals surface area (Å²) in [5.41, 5.74) is 4.42. The Morgan fingerprint density at radius 2 is 2.12 bits per heavy atom. The Morgan fingerprint density at radius 1 is 1.29 bits per heavy atom. The molecular formula is C16H17N. The molecule has 0 saturated carbocycles. The molecule has 0 amide bonds. The fourth-order valence-corrected chi connectivity index (χ4v) is 1.98. The van der Waals surface area contributed by atoms with Gasteiger partial charge in [0.2, 0.25) is 0 Å². The summed E-state index contributed by atoms with van der Waals surface area (Å²) >= 11 is 0. The van der Waals surface area contributed by atoms with Crippen molar-refractivity contribution in [2.75, 3.05) is 0 Å². The lowest BCUT2D eigenvalue weighted by Crippen LogP contribution is -1.89. The third kappa shape index (κ3) is 2.28. The summed E-state index contributed by atoms with van der Waals surface area (Å²) in [6, 6.07) is 10.4. The molecule has 0 fully saturated rings. The largest absolute Gasteiger partial charge is 0.248 e. The number of hydrogen-bond donors (Lipinski definition) is 0. The monoisotopic (exact) mass is 223 g/mol. The first kappa shape index (κ1) is 11.6. The van der Waals surface area contributed by atoms with Crippen LogP contribution in [-0.2, 0) is 0 Å². The predicted octanol–water partition coefficient (Wildman–Crippen LogP) is 4.52. The maximum Gasteiger partial charge on any atom is 0.0712 e. The van der Waals surface area contributed by atoms with E-state index in [-0.39, 0.29) is 0 Å². The van der Waals surface area contributed by atoms with E-state index in [0.29, 0.717) is 0 Å². The molecule has 1 heteroatoms. The smallest absolute Gasteiger partial charge is 0.0712 e. The highest BCUT2D eigenvalue weighted by Gasteiger charge is 2.02. The second kappa shape index (κ2) is 4.96. The van der Waals surface area contributed by atoms with Crippen LogP contribution in [0.5, 0.6) is 0 Å². The molecule has 0 spiro atoms. The number of benzene rings is 1. The van der Waals surface area contributed by atoms with Crippen molar-refractivity contribution in [1.29, 1.82) is 0 Å². The van der Waals surface area contributed by atoms with Crippen molar-refractivity contribution < 1.29 is 0 Å². The van der Waals surface area contributed by atoms with Gasteiger partial charge < -0.3 is 0 Å². The van der Waals surface area contributed by atoms with Gasteiger partial charge in [-0.05, 0) is 36.6 Å². The Bertz CT molecular complexity index is 579. The van der Waals surface area contributed by atoms with Crippen molar-refractivity contribution in [2.45, 2.75) is 20.3 Å². The molecule has 2 aromatic rings. The van der Waals surface area contributed by atoms with Crippen molar-refractivity contribution in [2.24, 2.45) is 0 Å². The summed E-state index contributed by atoms with van der Waals surface area (Å²) in [7, 11) is 0. The van der Waals surface area contributed by atoms with E-state index in [1.54, 1.807) is 0 Å². The minimum Gasteiger partial charge on any atom is -0.248 e. The van der Waals surface area contributed by atoms with E-state index in [9.17, 15) is 0 Å². The first-order chi connectivity index (χ1) is 8.26. The quantitative estimate of drug-likeness (QED) is 0.697. The first-order valence-electron chi connectivity index (χ1n) is 5.95. The molecule has 0 N–H and O–H groups in total. The molecule has 0 aliphatic rings. The summed E-state index contributed by atoms with van der Waals surface area (Å²) in [5, 5.41) is 1.22. The van der Waals surface area contributed by atoms with Crippen LogP contribution < -0.4 is 0 Å². The highest BCUT2D eigenvalue weighted by molar-refractivity contribution is 5.84. The minimum absolute atomic E-state index is 0.995. The number of fused-ring (bicyclic) bond motifs is 1. The van der Waals surface area contributed by atoms with Crippen LogP contribution in [0.3, 0.4) is 0 Å². The van der Waals surface area contributed by atoms with Gasteiger partial charge in [-0.15, -0.1) is 0 Å². The van der Waals surface area contributed by atoms with Crippen LogP contribution >= 0.6 is 0 Å². The molecule has 0 aliphatic carbocycles. The molecule has 0 bridgehead atoms. The lowest BCUT2D eigenvalue weighted by Gasteiger charge is -2.05. The van der Waals surface area contributed by atoms with Crippen molar-refractivity contribution in [1.82, 2.24) is 4.98 Å². The van der Waals surface area contributed by atoms with Crippen LogP contribution in [0.1, 0.15) is 24.6 Å². The van der Waals surface area contributed by atoms with Crippen molar-refractivity contribution >= 4 is 16.5 Å². The zero-order valence-electron chi connectivity index (χ0n) is 10.4. The number of rotatable bonds is 3. The Labute approximate surface area is 103 Å². The average Bonchev–Trinajstić information content (AvgIpc) is 2.36. The minimum atomic E-state index is 0.995. The van der Waals surface area contributed by atoms with Gasteiger partial charge in [-0.25, -0.2) is 4.98 Å². The van der Waals surface area contributed by atoms with Crippen molar-refractivity contribution in [3.05, 3.63) is 60.3 Å². The Kier molecular flexibility index (Phi) is 3.38. The van der Waals surface area contributed by atoms with Crippen molar-refractivity contribution in [3.8, 4) is 0 Å². The SMILES string of the molecule is C=C/C(=C\CC)c1ccc2c(C)cccc2n1. The summed E-state index contributed by atoms with van der Waals surface area (Å²) in [6.45, 7) is 8.08. The Morgan fingerprint density at radius 3 is 2.82 bits per heavy atom. The van der Waals surface area contributed by atoms with E-state index >= 15 is 0 Å². The molecule has 2 rings (SSSR count). The molecular weight excluding hydrogens is 206 g/mol. The lowest BCUT2D eigenvalue weighted by atomic mass is 10.1. The highest BCUT2D eigenvalue weighted by atomic mass is 14.7.